The molecule has 3 rings (SSSR count). The molecule has 0 bridgehead atoms. The molecule has 4 unspecified atom stereocenters. The molecule has 1 amide bonds. The van der Waals surface area contributed by atoms with Crippen LogP contribution in [0.3, 0.4) is 0 Å². The normalized spacial score (nSPS) is 27.2. The fraction of sp³-hybridized carbons (Fsp3) is 0.474. The van der Waals surface area contributed by atoms with Gasteiger partial charge in [-0.15, -0.1) is 0 Å². The fourth-order valence-corrected chi connectivity index (χ4v) is 3.91. The quantitative estimate of drug-likeness (QED) is 0.193. The number of hydrogen-bond donors (Lipinski definition) is 6. The predicted molar refractivity (Wildman–Crippen MR) is 107 cm³/mol. The summed E-state index contributed by atoms with van der Waals surface area (Å²) in [4.78, 5) is 26.6. The monoisotopic (exact) mass is 524 g/mol. The number of aromatic amines is 1. The summed E-state index contributed by atoms with van der Waals surface area (Å²) >= 11 is 3.32. The fourth-order valence-electron chi connectivity index (χ4n) is 3.55. The van der Waals surface area contributed by atoms with Crippen LogP contribution in [0.25, 0.3) is 10.9 Å². The summed E-state index contributed by atoms with van der Waals surface area (Å²) in [5, 5.41) is 55.1. The van der Waals surface area contributed by atoms with Crippen LogP contribution in [0.2, 0.25) is 0 Å². The second kappa shape index (κ2) is 10.8. The number of halogens is 1. The molecule has 11 nitrogen and oxygen atoms in total. The van der Waals surface area contributed by atoms with Gasteiger partial charge in [-0.25, -0.2) is 0 Å². The Morgan fingerprint density at radius 3 is 2.72 bits per heavy atom. The Bertz CT molecular complexity index is 973. The van der Waals surface area contributed by atoms with Gasteiger partial charge in [0.15, 0.2) is 0 Å². The summed E-state index contributed by atoms with van der Waals surface area (Å²) in [7, 11) is 0. The molecule has 0 saturated carbocycles. The number of carboxylic acids is 1. The number of aromatic nitrogens is 1. The first kappa shape index (κ1) is 27.0. The van der Waals surface area contributed by atoms with Gasteiger partial charge in [-0.05, 0) is 18.2 Å². The minimum absolute atomic E-state index is 0. The molecule has 1 aromatic carbocycles. The maximum Gasteiger partial charge on any atom is 1.00 e. The third-order valence-corrected chi connectivity index (χ3v) is 5.55. The van der Waals surface area contributed by atoms with Gasteiger partial charge in [0.2, 0.25) is 5.91 Å². The summed E-state index contributed by atoms with van der Waals surface area (Å²) in [5.74, 6) is -4.92. The number of nitrogens with one attached hydrogen (secondary N) is 2. The molecule has 1 aliphatic rings. The first-order chi connectivity index (χ1) is 14.6. The van der Waals surface area contributed by atoms with E-state index in [0.29, 0.717) is 15.4 Å². The van der Waals surface area contributed by atoms with Crippen LogP contribution in [0, 0.1) is 0 Å². The zero-order chi connectivity index (χ0) is 22.9. The standard InChI is InChI=1S/C19H23BrN2O9.Na/c1-8(24)22-15-12(25)5-19(18(28)29,31-17(15)16(27)13(26)7-23)30-14-6-21-11-3-2-9(20)4-10(11)14;/h2-4,6,12-13,15-17,21,23,25-27H,5,7H2,1H3,(H,22,24)(H,28,29);/q;+1/p-1/t12?,13-,15?,16-,17?,19?;/m0./s1. The van der Waals surface area contributed by atoms with Crippen LogP contribution < -0.4 is 44.7 Å². The minimum atomic E-state index is -2.56. The van der Waals surface area contributed by atoms with E-state index < -0.39 is 61.1 Å². The molecule has 1 aromatic heterocycles. The molecule has 0 aliphatic carbocycles. The van der Waals surface area contributed by atoms with E-state index in [0.717, 1.165) is 6.92 Å². The van der Waals surface area contributed by atoms with Gasteiger partial charge in [0.05, 0.1) is 18.8 Å². The van der Waals surface area contributed by atoms with Gasteiger partial charge in [0.25, 0.3) is 5.79 Å². The number of H-pyrrole nitrogens is 1. The zero-order valence-corrected chi connectivity index (χ0v) is 20.9. The van der Waals surface area contributed by atoms with E-state index in [1.165, 1.54) is 6.20 Å². The molecular weight excluding hydrogens is 503 g/mol. The van der Waals surface area contributed by atoms with Crippen LogP contribution in [-0.2, 0) is 14.3 Å². The predicted octanol–water partition coefficient (Wildman–Crippen LogP) is -4.87. The number of amides is 1. The van der Waals surface area contributed by atoms with Crippen LogP contribution in [0.15, 0.2) is 28.9 Å². The number of carbonyl (C=O) groups excluding carboxylic acids is 2. The molecule has 1 fully saturated rings. The number of benzene rings is 1. The van der Waals surface area contributed by atoms with Gasteiger partial charge in [0.1, 0.15) is 30.0 Å². The molecular formula is C19H22BrN2NaO9. The molecule has 1 saturated heterocycles. The molecule has 170 valence electrons. The van der Waals surface area contributed by atoms with Crippen LogP contribution >= 0.6 is 15.9 Å². The Labute approximate surface area is 213 Å². The number of aliphatic hydroxyl groups excluding tert-OH is 4. The van der Waals surface area contributed by atoms with Crippen molar-refractivity contribution in [2.75, 3.05) is 6.61 Å². The smallest absolute Gasteiger partial charge is 0.543 e. The van der Waals surface area contributed by atoms with Gasteiger partial charge in [0, 0.05) is 34.9 Å². The van der Waals surface area contributed by atoms with Gasteiger partial charge < -0.3 is 50.1 Å². The van der Waals surface area contributed by atoms with Gasteiger partial charge >= 0.3 is 29.6 Å². The maximum absolute atomic E-state index is 12.1. The van der Waals surface area contributed by atoms with Crippen molar-refractivity contribution in [2.45, 2.75) is 49.6 Å². The van der Waals surface area contributed by atoms with E-state index in [1.807, 2.05) is 0 Å². The first-order valence-electron chi connectivity index (χ1n) is 9.35. The molecule has 1 aliphatic heterocycles. The third-order valence-electron chi connectivity index (χ3n) is 5.05. The van der Waals surface area contributed by atoms with E-state index >= 15 is 0 Å². The zero-order valence-electron chi connectivity index (χ0n) is 17.3. The summed E-state index contributed by atoms with van der Waals surface area (Å²) in [6.07, 6.45) is -6.07. The van der Waals surface area contributed by atoms with Crippen LogP contribution in [0.5, 0.6) is 5.75 Å². The van der Waals surface area contributed by atoms with Gasteiger partial charge in [-0.1, -0.05) is 15.9 Å². The topological polar surface area (TPSA) is 184 Å². The van der Waals surface area contributed by atoms with Crippen molar-refractivity contribution in [3.63, 3.8) is 0 Å². The Morgan fingerprint density at radius 1 is 1.44 bits per heavy atom. The van der Waals surface area contributed by atoms with Gasteiger partial charge in [-0.3, -0.25) is 4.79 Å². The molecule has 6 N–H and O–H groups in total. The average Bonchev–Trinajstić information content (AvgIpc) is 3.09. The Morgan fingerprint density at radius 2 is 2.12 bits per heavy atom. The van der Waals surface area contributed by atoms with Crippen LogP contribution in [0.4, 0.5) is 0 Å². The number of carbonyl (C=O) groups is 2. The number of ether oxygens (including phenoxy) is 2. The molecule has 0 spiro atoms. The number of fused-ring (bicyclic) bond motifs is 1. The molecule has 0 radical (unpaired) electrons. The van der Waals surface area contributed by atoms with Crippen molar-refractivity contribution in [2.24, 2.45) is 0 Å². The second-order valence-electron chi connectivity index (χ2n) is 7.31. The summed E-state index contributed by atoms with van der Waals surface area (Å²) in [5.41, 5.74) is 0.631. The number of carboxylic acid groups (broad SMARTS) is 1. The number of hydrogen-bond acceptors (Lipinski definition) is 9. The molecule has 32 heavy (non-hydrogen) atoms. The van der Waals surface area contributed by atoms with E-state index in [1.54, 1.807) is 18.2 Å². The molecule has 2 heterocycles. The van der Waals surface area contributed by atoms with E-state index in [9.17, 15) is 35.1 Å². The van der Waals surface area contributed by atoms with Gasteiger partial charge in [-0.2, -0.15) is 0 Å². The van der Waals surface area contributed by atoms with Crippen molar-refractivity contribution >= 4 is 38.7 Å². The van der Waals surface area contributed by atoms with Crippen molar-refractivity contribution in [1.29, 1.82) is 0 Å². The van der Waals surface area contributed by atoms with Crippen molar-refractivity contribution in [3.8, 4) is 5.75 Å². The van der Waals surface area contributed by atoms with E-state index in [4.69, 9.17) is 9.47 Å². The van der Waals surface area contributed by atoms with Crippen molar-refractivity contribution in [1.82, 2.24) is 10.3 Å². The summed E-state index contributed by atoms with van der Waals surface area (Å²) < 4.78 is 11.9. The number of rotatable bonds is 7. The SMILES string of the molecule is CC(=O)NC1C(O)CC(Oc2c[nH]c3ccc(Br)cc23)(C(=O)[O-])OC1[C@@H](O)[C@@H](O)CO.[Na+]. The Balaban J connectivity index is 0.00000363. The second-order valence-corrected chi connectivity index (χ2v) is 8.22. The third kappa shape index (κ3) is 5.46. The average molecular weight is 525 g/mol. The minimum Gasteiger partial charge on any atom is -0.543 e. The molecule has 2 aromatic rings. The first-order valence-corrected chi connectivity index (χ1v) is 10.1. The van der Waals surface area contributed by atoms with Crippen molar-refractivity contribution in [3.05, 3.63) is 28.9 Å². The Hall–Kier alpha value is -1.22. The van der Waals surface area contributed by atoms with Crippen molar-refractivity contribution < 1.29 is 74.2 Å². The maximum atomic E-state index is 12.1. The largest absolute Gasteiger partial charge is 1.00 e. The molecule has 6 atom stereocenters. The van der Waals surface area contributed by atoms with Crippen LogP contribution in [0.1, 0.15) is 13.3 Å². The number of aliphatic hydroxyl groups is 4. The summed E-state index contributed by atoms with van der Waals surface area (Å²) in [6.45, 7) is 0.277. The molecule has 13 heteroatoms. The van der Waals surface area contributed by atoms with Crippen LogP contribution in [-0.4, -0.2) is 80.1 Å². The Kier molecular flexibility index (Phi) is 9.13. The number of aliphatic carboxylic acids is 1. The summed E-state index contributed by atoms with van der Waals surface area (Å²) in [6, 6.07) is 3.87. The van der Waals surface area contributed by atoms with E-state index in [-0.39, 0.29) is 35.3 Å². The van der Waals surface area contributed by atoms with E-state index in [2.05, 4.69) is 26.2 Å².